The van der Waals surface area contributed by atoms with Gasteiger partial charge in [-0.2, -0.15) is 0 Å². The summed E-state index contributed by atoms with van der Waals surface area (Å²) in [6, 6.07) is 11.8. The third-order valence-corrected chi connectivity index (χ3v) is 3.89. The van der Waals surface area contributed by atoms with Crippen LogP contribution in [0.4, 0.5) is 0 Å². The van der Waals surface area contributed by atoms with Crippen LogP contribution in [0.25, 0.3) is 10.9 Å². The van der Waals surface area contributed by atoms with Crippen LogP contribution in [-0.2, 0) is 0 Å². The Bertz CT molecular complexity index is 787. The molecule has 0 spiro atoms. The number of hydrogen-bond donors (Lipinski definition) is 0. The van der Waals surface area contributed by atoms with E-state index in [0.29, 0.717) is 5.88 Å². The predicted molar refractivity (Wildman–Crippen MR) is 83.2 cm³/mol. The highest BCUT2D eigenvalue weighted by Gasteiger charge is 2.07. The van der Waals surface area contributed by atoms with Gasteiger partial charge in [-0.15, -0.1) is 0 Å². The van der Waals surface area contributed by atoms with E-state index in [1.807, 2.05) is 50.2 Å². The van der Waals surface area contributed by atoms with Crippen LogP contribution in [0.5, 0.6) is 11.6 Å². The molecule has 0 amide bonds. The molecule has 0 atom stereocenters. The van der Waals surface area contributed by atoms with Crippen LogP contribution in [0.2, 0.25) is 0 Å². The number of hydrogen-bond acceptors (Lipinski definition) is 3. The molecule has 0 bridgehead atoms. The number of pyridine rings is 2. The molecule has 4 heteroatoms. The van der Waals surface area contributed by atoms with Crippen molar-refractivity contribution in [1.29, 1.82) is 0 Å². The van der Waals surface area contributed by atoms with Gasteiger partial charge < -0.3 is 4.74 Å². The van der Waals surface area contributed by atoms with E-state index in [4.69, 9.17) is 4.74 Å². The van der Waals surface area contributed by atoms with Crippen LogP contribution in [0.3, 0.4) is 0 Å². The molecule has 0 radical (unpaired) electrons. The Balaban J connectivity index is 2.05. The molecule has 0 N–H and O–H groups in total. The second-order valence-electron chi connectivity index (χ2n) is 4.65. The zero-order chi connectivity index (χ0) is 14.1. The number of nitrogens with zero attached hydrogens (tertiary/aromatic N) is 2. The van der Waals surface area contributed by atoms with Crippen molar-refractivity contribution in [2.45, 2.75) is 13.8 Å². The highest BCUT2D eigenvalue weighted by molar-refractivity contribution is 9.10. The van der Waals surface area contributed by atoms with E-state index in [9.17, 15) is 0 Å². The van der Waals surface area contributed by atoms with E-state index < -0.39 is 0 Å². The van der Waals surface area contributed by atoms with Crippen molar-refractivity contribution in [3.63, 3.8) is 0 Å². The van der Waals surface area contributed by atoms with Crippen molar-refractivity contribution in [3.05, 3.63) is 58.3 Å². The molecule has 2 heterocycles. The average Bonchev–Trinajstić information content (AvgIpc) is 2.44. The normalized spacial score (nSPS) is 10.8. The first-order valence-corrected chi connectivity index (χ1v) is 7.09. The van der Waals surface area contributed by atoms with Crippen LogP contribution >= 0.6 is 15.9 Å². The lowest BCUT2D eigenvalue weighted by Crippen LogP contribution is -1.92. The summed E-state index contributed by atoms with van der Waals surface area (Å²) in [6.45, 7) is 3.97. The number of halogens is 1. The van der Waals surface area contributed by atoms with E-state index in [2.05, 4.69) is 25.9 Å². The van der Waals surface area contributed by atoms with Gasteiger partial charge in [0.25, 0.3) is 0 Å². The van der Waals surface area contributed by atoms with Crippen molar-refractivity contribution in [2.75, 3.05) is 0 Å². The monoisotopic (exact) mass is 328 g/mol. The summed E-state index contributed by atoms with van der Waals surface area (Å²) >= 11 is 3.43. The Morgan fingerprint density at radius 3 is 2.75 bits per heavy atom. The fourth-order valence-electron chi connectivity index (χ4n) is 1.98. The van der Waals surface area contributed by atoms with E-state index in [1.165, 1.54) is 0 Å². The summed E-state index contributed by atoms with van der Waals surface area (Å²) in [5.74, 6) is 1.29. The molecule has 0 fully saturated rings. The first-order valence-electron chi connectivity index (χ1n) is 6.30. The highest BCUT2D eigenvalue weighted by atomic mass is 79.9. The van der Waals surface area contributed by atoms with Crippen LogP contribution in [-0.4, -0.2) is 9.97 Å². The van der Waals surface area contributed by atoms with Crippen molar-refractivity contribution in [3.8, 4) is 11.6 Å². The molecule has 0 saturated carbocycles. The molecule has 3 aromatic rings. The number of rotatable bonds is 2. The molecule has 0 aliphatic carbocycles. The minimum Gasteiger partial charge on any atom is -0.437 e. The van der Waals surface area contributed by atoms with Gasteiger partial charge in [-0.1, -0.05) is 18.2 Å². The predicted octanol–water partition coefficient (Wildman–Crippen LogP) is 4.80. The number of aromatic nitrogens is 2. The third kappa shape index (κ3) is 2.51. The molecule has 20 heavy (non-hydrogen) atoms. The van der Waals surface area contributed by atoms with Gasteiger partial charge in [-0.25, -0.2) is 9.97 Å². The topological polar surface area (TPSA) is 35.0 Å². The molecule has 2 aromatic heterocycles. The Hall–Kier alpha value is -1.94. The Labute approximate surface area is 125 Å². The fraction of sp³-hybridized carbons (Fsp3) is 0.125. The third-order valence-electron chi connectivity index (χ3n) is 3.06. The first kappa shape index (κ1) is 13.1. The summed E-state index contributed by atoms with van der Waals surface area (Å²) < 4.78 is 6.86. The fourth-order valence-corrected chi connectivity index (χ4v) is 2.20. The molecule has 0 aliphatic rings. The summed E-state index contributed by atoms with van der Waals surface area (Å²) in [4.78, 5) is 8.82. The summed E-state index contributed by atoms with van der Waals surface area (Å²) in [5, 5.41) is 1.06. The van der Waals surface area contributed by atoms with Crippen LogP contribution in [0.1, 0.15) is 11.3 Å². The van der Waals surface area contributed by atoms with E-state index in [-0.39, 0.29) is 0 Å². The Morgan fingerprint density at radius 1 is 1.10 bits per heavy atom. The summed E-state index contributed by atoms with van der Waals surface area (Å²) in [7, 11) is 0. The van der Waals surface area contributed by atoms with Gasteiger partial charge in [-0.3, -0.25) is 0 Å². The summed E-state index contributed by atoms with van der Waals surface area (Å²) in [6.07, 6.45) is 1.74. The molecule has 3 rings (SSSR count). The number of para-hydroxylation sites is 1. The number of ether oxygens (including phenoxy) is 1. The van der Waals surface area contributed by atoms with Crippen molar-refractivity contribution in [1.82, 2.24) is 9.97 Å². The van der Waals surface area contributed by atoms with E-state index in [0.717, 1.165) is 32.4 Å². The van der Waals surface area contributed by atoms with Crippen molar-refractivity contribution >= 4 is 26.8 Å². The van der Waals surface area contributed by atoms with Gasteiger partial charge >= 0.3 is 0 Å². The first-order chi connectivity index (χ1) is 9.63. The van der Waals surface area contributed by atoms with Crippen molar-refractivity contribution < 1.29 is 4.74 Å². The van der Waals surface area contributed by atoms with Gasteiger partial charge in [0, 0.05) is 27.8 Å². The molecule has 0 unspecified atom stereocenters. The van der Waals surface area contributed by atoms with E-state index in [1.54, 1.807) is 6.20 Å². The SMILES string of the molecule is Cc1ccc2cccc(Oc3cc(C)c(Br)cn3)c2n1. The van der Waals surface area contributed by atoms with Gasteiger partial charge in [0.15, 0.2) is 5.75 Å². The molecule has 0 saturated heterocycles. The zero-order valence-electron chi connectivity index (χ0n) is 11.2. The molecular weight excluding hydrogens is 316 g/mol. The molecule has 0 aliphatic heterocycles. The van der Waals surface area contributed by atoms with Crippen LogP contribution < -0.4 is 4.74 Å². The Kier molecular flexibility index (Phi) is 3.40. The van der Waals surface area contributed by atoms with Gasteiger partial charge in [-0.05, 0) is 47.5 Å². The largest absolute Gasteiger partial charge is 0.437 e. The van der Waals surface area contributed by atoms with Gasteiger partial charge in [0.2, 0.25) is 5.88 Å². The smallest absolute Gasteiger partial charge is 0.219 e. The quantitative estimate of drug-likeness (QED) is 0.677. The van der Waals surface area contributed by atoms with Crippen molar-refractivity contribution in [2.24, 2.45) is 0 Å². The molecule has 1 aromatic carbocycles. The van der Waals surface area contributed by atoms with Crippen LogP contribution in [0, 0.1) is 13.8 Å². The minimum atomic E-state index is 0.571. The average molecular weight is 329 g/mol. The second kappa shape index (κ2) is 5.21. The lowest BCUT2D eigenvalue weighted by molar-refractivity contribution is 0.466. The molecule has 3 nitrogen and oxygen atoms in total. The Morgan fingerprint density at radius 2 is 1.95 bits per heavy atom. The number of aryl methyl sites for hydroxylation is 2. The zero-order valence-corrected chi connectivity index (χ0v) is 12.8. The van der Waals surface area contributed by atoms with Crippen LogP contribution in [0.15, 0.2) is 47.1 Å². The highest BCUT2D eigenvalue weighted by Crippen LogP contribution is 2.29. The maximum absolute atomic E-state index is 5.89. The minimum absolute atomic E-state index is 0.571. The van der Waals surface area contributed by atoms with Gasteiger partial charge in [0.1, 0.15) is 5.52 Å². The maximum atomic E-state index is 5.89. The van der Waals surface area contributed by atoms with Gasteiger partial charge in [0.05, 0.1) is 0 Å². The molecule has 100 valence electrons. The standard InChI is InChI=1S/C16H13BrN2O/c1-10-8-15(18-9-13(10)17)20-14-5-3-4-12-7-6-11(2)19-16(12)14/h3-9H,1-2H3. The maximum Gasteiger partial charge on any atom is 0.219 e. The molecular formula is C16H13BrN2O. The second-order valence-corrected chi connectivity index (χ2v) is 5.51. The number of benzene rings is 1. The summed E-state index contributed by atoms with van der Waals surface area (Å²) in [5.41, 5.74) is 2.91. The van der Waals surface area contributed by atoms with E-state index >= 15 is 0 Å². The lowest BCUT2D eigenvalue weighted by atomic mass is 10.2. The lowest BCUT2D eigenvalue weighted by Gasteiger charge is -2.09. The number of fused-ring (bicyclic) bond motifs is 1.